The van der Waals surface area contributed by atoms with Crippen molar-refractivity contribution in [1.29, 1.82) is 0 Å². The second-order valence-corrected chi connectivity index (χ2v) is 19.2. The number of carbonyl (C=O) groups excluding carboxylic acids is 3. The average molecular weight is 926 g/mol. The van der Waals surface area contributed by atoms with Crippen molar-refractivity contribution < 1.29 is 28.6 Å². The summed E-state index contributed by atoms with van der Waals surface area (Å²) in [6, 6.07) is 0. The summed E-state index contributed by atoms with van der Waals surface area (Å²) in [5.74, 6) is -0.982. The summed E-state index contributed by atoms with van der Waals surface area (Å²) >= 11 is 0. The van der Waals surface area contributed by atoms with E-state index in [4.69, 9.17) is 14.2 Å². The number of esters is 3. The highest BCUT2D eigenvalue weighted by atomic mass is 16.6. The number of hydrogen-bond donors (Lipinski definition) is 0. The van der Waals surface area contributed by atoms with Crippen LogP contribution in [0.4, 0.5) is 0 Å². The van der Waals surface area contributed by atoms with Crippen molar-refractivity contribution in [2.75, 3.05) is 13.2 Å². The van der Waals surface area contributed by atoms with Gasteiger partial charge in [-0.2, -0.15) is 0 Å². The SMILES string of the molecule is CC/C=C\C/C=C\C/C=C\C/C=C\CCC(=O)OC(COC(=O)CCCCCCCC)COC(=O)CCCCCCCCCCCCCCCCCCCCCCCCCCCCCCC. The maximum absolute atomic E-state index is 12.7. The minimum absolute atomic E-state index is 0.0988. The van der Waals surface area contributed by atoms with Crippen LogP contribution in [0.3, 0.4) is 0 Å². The van der Waals surface area contributed by atoms with Crippen LogP contribution < -0.4 is 0 Å². The zero-order chi connectivity index (χ0) is 47.9. The van der Waals surface area contributed by atoms with Gasteiger partial charge in [-0.3, -0.25) is 14.4 Å². The molecule has 6 nitrogen and oxygen atoms in total. The highest BCUT2D eigenvalue weighted by Gasteiger charge is 2.19. The molecule has 0 spiro atoms. The van der Waals surface area contributed by atoms with Crippen LogP contribution in [0.1, 0.15) is 297 Å². The summed E-state index contributed by atoms with van der Waals surface area (Å²) in [5.41, 5.74) is 0. The van der Waals surface area contributed by atoms with Gasteiger partial charge in [-0.15, -0.1) is 0 Å². The third-order valence-electron chi connectivity index (χ3n) is 12.6. The molecule has 0 aromatic heterocycles. The molecule has 0 radical (unpaired) electrons. The zero-order valence-corrected chi connectivity index (χ0v) is 44.0. The summed E-state index contributed by atoms with van der Waals surface area (Å²) in [6.07, 6.45) is 67.6. The standard InChI is InChI=1S/C60H108O6/c1-4-7-10-13-16-18-20-22-23-24-25-26-27-28-29-30-31-32-33-34-35-36-37-39-40-42-44-47-50-53-59(62)65-56-57(55-64-58(61)52-49-46-15-12-9-6-3)66-60(63)54-51-48-45-43-41-38-21-19-17-14-11-8-5-2/h8,11,17,19,38,41,45,48,57H,4-7,9-10,12-16,18,20-37,39-40,42-44,46-47,49-56H2,1-3H3/b11-8-,19-17-,41-38-,48-45-. The number of rotatable bonds is 52. The van der Waals surface area contributed by atoms with Crippen LogP contribution in [-0.2, 0) is 28.6 Å². The number of carbonyl (C=O) groups is 3. The molecule has 0 aliphatic carbocycles. The largest absolute Gasteiger partial charge is 0.462 e. The minimum atomic E-state index is -0.805. The Morgan fingerprint density at radius 3 is 0.894 bits per heavy atom. The molecule has 0 aromatic rings. The third kappa shape index (κ3) is 52.3. The Balaban J connectivity index is 4.00. The molecule has 0 heterocycles. The maximum atomic E-state index is 12.7. The van der Waals surface area contributed by atoms with Gasteiger partial charge in [0.05, 0.1) is 0 Å². The van der Waals surface area contributed by atoms with E-state index in [1.165, 1.54) is 186 Å². The van der Waals surface area contributed by atoms with E-state index >= 15 is 0 Å². The van der Waals surface area contributed by atoms with Crippen molar-refractivity contribution in [3.05, 3.63) is 48.6 Å². The molecule has 0 bridgehead atoms. The average Bonchev–Trinajstić information content (AvgIpc) is 3.31. The fourth-order valence-corrected chi connectivity index (χ4v) is 8.34. The van der Waals surface area contributed by atoms with Gasteiger partial charge in [-0.25, -0.2) is 0 Å². The van der Waals surface area contributed by atoms with E-state index in [9.17, 15) is 14.4 Å². The lowest BCUT2D eigenvalue weighted by Crippen LogP contribution is -2.30. The number of allylic oxidation sites excluding steroid dienone is 8. The summed E-state index contributed by atoms with van der Waals surface area (Å²) in [7, 11) is 0. The molecular weight excluding hydrogens is 817 g/mol. The van der Waals surface area contributed by atoms with Gasteiger partial charge in [-0.1, -0.05) is 281 Å². The third-order valence-corrected chi connectivity index (χ3v) is 12.6. The molecule has 0 saturated heterocycles. The van der Waals surface area contributed by atoms with E-state index in [2.05, 4.69) is 57.2 Å². The molecule has 6 heteroatoms. The van der Waals surface area contributed by atoms with Gasteiger partial charge in [0.25, 0.3) is 0 Å². The molecule has 1 atom stereocenters. The lowest BCUT2D eigenvalue weighted by molar-refractivity contribution is -0.166. The number of hydrogen-bond acceptors (Lipinski definition) is 6. The Bertz CT molecular complexity index is 1150. The van der Waals surface area contributed by atoms with E-state index in [0.717, 1.165) is 64.2 Å². The second kappa shape index (κ2) is 55.0. The quantitative estimate of drug-likeness (QED) is 0.0262. The first-order valence-electron chi connectivity index (χ1n) is 28.6. The van der Waals surface area contributed by atoms with Crippen molar-refractivity contribution in [2.45, 2.75) is 303 Å². The van der Waals surface area contributed by atoms with Gasteiger partial charge in [0.1, 0.15) is 13.2 Å². The summed E-state index contributed by atoms with van der Waals surface area (Å²) in [4.78, 5) is 37.7. The minimum Gasteiger partial charge on any atom is -0.462 e. The molecule has 0 aliphatic rings. The van der Waals surface area contributed by atoms with E-state index < -0.39 is 6.10 Å². The fraction of sp³-hybridized carbons (Fsp3) is 0.817. The first-order valence-corrected chi connectivity index (χ1v) is 28.6. The Morgan fingerprint density at radius 1 is 0.318 bits per heavy atom. The zero-order valence-electron chi connectivity index (χ0n) is 44.0. The van der Waals surface area contributed by atoms with E-state index in [1.807, 2.05) is 12.2 Å². The molecule has 0 rings (SSSR count). The van der Waals surface area contributed by atoms with Crippen LogP contribution in [0.5, 0.6) is 0 Å². The highest BCUT2D eigenvalue weighted by Crippen LogP contribution is 2.17. The topological polar surface area (TPSA) is 78.9 Å². The van der Waals surface area contributed by atoms with Crippen molar-refractivity contribution in [3.8, 4) is 0 Å². The van der Waals surface area contributed by atoms with E-state index in [0.29, 0.717) is 19.3 Å². The lowest BCUT2D eigenvalue weighted by Gasteiger charge is -2.18. The Morgan fingerprint density at radius 2 is 0.591 bits per heavy atom. The van der Waals surface area contributed by atoms with Gasteiger partial charge in [0, 0.05) is 19.3 Å². The van der Waals surface area contributed by atoms with Crippen LogP contribution in [0.15, 0.2) is 48.6 Å². The molecule has 0 aromatic carbocycles. The molecule has 66 heavy (non-hydrogen) atoms. The number of ether oxygens (including phenoxy) is 3. The van der Waals surface area contributed by atoms with Crippen molar-refractivity contribution >= 4 is 17.9 Å². The molecule has 1 unspecified atom stereocenters. The van der Waals surface area contributed by atoms with Crippen molar-refractivity contribution in [2.24, 2.45) is 0 Å². The predicted octanol–water partition coefficient (Wildman–Crippen LogP) is 19.0. The van der Waals surface area contributed by atoms with Crippen LogP contribution in [0, 0.1) is 0 Å². The molecule has 0 aliphatic heterocycles. The Kier molecular flexibility index (Phi) is 52.8. The van der Waals surface area contributed by atoms with Crippen molar-refractivity contribution in [3.63, 3.8) is 0 Å². The van der Waals surface area contributed by atoms with Gasteiger partial charge in [-0.05, 0) is 44.9 Å². The van der Waals surface area contributed by atoms with Gasteiger partial charge in [0.2, 0.25) is 0 Å². The van der Waals surface area contributed by atoms with Gasteiger partial charge < -0.3 is 14.2 Å². The Hall–Kier alpha value is -2.63. The highest BCUT2D eigenvalue weighted by molar-refractivity contribution is 5.71. The molecule has 384 valence electrons. The van der Waals surface area contributed by atoms with Crippen molar-refractivity contribution in [1.82, 2.24) is 0 Å². The monoisotopic (exact) mass is 925 g/mol. The van der Waals surface area contributed by atoms with Crippen LogP contribution >= 0.6 is 0 Å². The first-order chi connectivity index (χ1) is 32.5. The molecule has 0 amide bonds. The summed E-state index contributed by atoms with van der Waals surface area (Å²) in [6.45, 7) is 6.43. The fourth-order valence-electron chi connectivity index (χ4n) is 8.34. The van der Waals surface area contributed by atoms with E-state index in [1.54, 1.807) is 0 Å². The smallest absolute Gasteiger partial charge is 0.306 e. The number of unbranched alkanes of at least 4 members (excludes halogenated alkanes) is 33. The van der Waals surface area contributed by atoms with Gasteiger partial charge in [0.15, 0.2) is 6.10 Å². The van der Waals surface area contributed by atoms with Gasteiger partial charge >= 0.3 is 17.9 Å². The molecule has 0 saturated carbocycles. The normalized spacial score (nSPS) is 12.3. The molecular formula is C60H108O6. The van der Waals surface area contributed by atoms with Crippen LogP contribution in [0.2, 0.25) is 0 Å². The first kappa shape index (κ1) is 63.4. The molecule has 0 fully saturated rings. The van der Waals surface area contributed by atoms with E-state index in [-0.39, 0.29) is 37.5 Å². The van der Waals surface area contributed by atoms with Crippen LogP contribution in [0.25, 0.3) is 0 Å². The lowest BCUT2D eigenvalue weighted by atomic mass is 10.0. The molecule has 0 N–H and O–H groups in total. The van der Waals surface area contributed by atoms with Crippen LogP contribution in [-0.4, -0.2) is 37.2 Å². The second-order valence-electron chi connectivity index (χ2n) is 19.2. The summed E-state index contributed by atoms with van der Waals surface area (Å²) in [5, 5.41) is 0. The maximum Gasteiger partial charge on any atom is 0.306 e. The summed E-state index contributed by atoms with van der Waals surface area (Å²) < 4.78 is 16.6. The predicted molar refractivity (Wildman–Crippen MR) is 284 cm³/mol. The Labute approximate surface area is 409 Å².